The van der Waals surface area contributed by atoms with Gasteiger partial charge in [-0.1, -0.05) is 54.2 Å². The van der Waals surface area contributed by atoms with Crippen molar-refractivity contribution in [1.82, 2.24) is 20.9 Å². The largest absolute Gasteiger partial charge is 0.481 e. The number of nitrogens with zero attached hydrogens (tertiary/aromatic N) is 1. The van der Waals surface area contributed by atoms with Crippen LogP contribution in [0.3, 0.4) is 0 Å². The minimum absolute atomic E-state index is 0.104. The molecule has 0 aromatic heterocycles. The molecule has 8 bridgehead atoms. The van der Waals surface area contributed by atoms with Gasteiger partial charge in [0.05, 0.1) is 0 Å². The first-order chi connectivity index (χ1) is 20.4. The third-order valence-electron chi connectivity index (χ3n) is 12.3. The molecule has 8 heteroatoms. The highest BCUT2D eigenvalue weighted by Crippen LogP contribution is 2.43. The van der Waals surface area contributed by atoms with Crippen molar-refractivity contribution in [3.8, 4) is 0 Å². The zero-order valence-electron chi connectivity index (χ0n) is 27.5. The number of nitrogens with one attached hydrogen (secondary N) is 3. The summed E-state index contributed by atoms with van der Waals surface area (Å²) in [6.45, 7) is 13.8. The number of aliphatic carboxylic acids is 2. The van der Waals surface area contributed by atoms with Gasteiger partial charge in [-0.25, -0.2) is 0 Å². The molecule has 5 rings (SSSR count). The van der Waals surface area contributed by atoms with Crippen LogP contribution in [-0.4, -0.2) is 82.4 Å². The average Bonchev–Trinajstić information content (AvgIpc) is 3.59. The molecule has 5 aliphatic heterocycles. The van der Waals surface area contributed by atoms with Crippen molar-refractivity contribution in [1.29, 1.82) is 0 Å². The van der Waals surface area contributed by atoms with Gasteiger partial charge in [0.2, 0.25) is 0 Å². The minimum atomic E-state index is -0.754. The molecule has 8 nitrogen and oxygen atoms in total. The Labute approximate surface area is 258 Å². The molecule has 2 saturated heterocycles. The number of likely N-dealkylation sites (N-methyl/N-ethyl adjacent to an activating group) is 1. The first-order valence-electron chi connectivity index (χ1n) is 17.0. The molecule has 43 heavy (non-hydrogen) atoms. The number of rotatable bonds is 8. The van der Waals surface area contributed by atoms with E-state index < -0.39 is 11.9 Å². The Morgan fingerprint density at radius 1 is 0.721 bits per heavy atom. The smallest absolute Gasteiger partial charge is 0.303 e. The van der Waals surface area contributed by atoms with E-state index in [-0.39, 0.29) is 36.9 Å². The summed E-state index contributed by atoms with van der Waals surface area (Å²) in [7, 11) is 2.31. The molecule has 0 spiro atoms. The fourth-order valence-electron chi connectivity index (χ4n) is 9.84. The minimum Gasteiger partial charge on any atom is -0.481 e. The lowest BCUT2D eigenvalue weighted by atomic mass is 9.80. The molecule has 0 aromatic rings. The zero-order valence-corrected chi connectivity index (χ0v) is 27.5. The number of fused-ring (bicyclic) bond motifs is 8. The van der Waals surface area contributed by atoms with Crippen LogP contribution in [0.25, 0.3) is 0 Å². The first-order valence-corrected chi connectivity index (χ1v) is 17.0. The van der Waals surface area contributed by atoms with Crippen LogP contribution in [0.1, 0.15) is 106 Å². The van der Waals surface area contributed by atoms with Gasteiger partial charge in [0.25, 0.3) is 0 Å². The molecule has 240 valence electrons. The second kappa shape index (κ2) is 13.2. The number of carboxylic acids is 2. The van der Waals surface area contributed by atoms with E-state index in [1.54, 1.807) is 11.1 Å². The first kappa shape index (κ1) is 32.4. The van der Waals surface area contributed by atoms with Gasteiger partial charge in [0.15, 0.2) is 0 Å². The SMILES string of the molecule is CCC1=C(C)C2CC3C(CC)=C(C)C(CC4NC(CC5NC(CC1N2)C(C)C5CCC(=O)O)C(CCC(=O)O)=C4C)N3C. The maximum absolute atomic E-state index is 11.7. The van der Waals surface area contributed by atoms with Crippen LogP contribution in [0.5, 0.6) is 0 Å². The van der Waals surface area contributed by atoms with Crippen molar-refractivity contribution in [3.05, 3.63) is 33.4 Å². The van der Waals surface area contributed by atoms with Gasteiger partial charge in [-0.3, -0.25) is 14.5 Å². The van der Waals surface area contributed by atoms with E-state index >= 15 is 0 Å². The van der Waals surface area contributed by atoms with E-state index in [9.17, 15) is 19.8 Å². The van der Waals surface area contributed by atoms with Crippen molar-refractivity contribution in [2.24, 2.45) is 11.8 Å². The van der Waals surface area contributed by atoms with Gasteiger partial charge in [0.1, 0.15) is 0 Å². The second-order valence-electron chi connectivity index (χ2n) is 14.2. The third-order valence-corrected chi connectivity index (χ3v) is 12.3. The van der Waals surface area contributed by atoms with E-state index in [2.05, 4.69) is 69.4 Å². The van der Waals surface area contributed by atoms with Crippen molar-refractivity contribution >= 4 is 11.9 Å². The lowest BCUT2D eigenvalue weighted by molar-refractivity contribution is -0.138. The molecular formula is C35H56N4O4. The van der Waals surface area contributed by atoms with E-state index in [4.69, 9.17) is 0 Å². The van der Waals surface area contributed by atoms with Crippen LogP contribution in [0.4, 0.5) is 0 Å². The molecule has 5 N–H and O–H groups in total. The van der Waals surface area contributed by atoms with Gasteiger partial charge in [-0.15, -0.1) is 0 Å². The maximum atomic E-state index is 11.7. The fourth-order valence-corrected chi connectivity index (χ4v) is 9.84. The highest BCUT2D eigenvalue weighted by atomic mass is 16.4. The van der Waals surface area contributed by atoms with Crippen LogP contribution < -0.4 is 16.0 Å². The highest BCUT2D eigenvalue weighted by Gasteiger charge is 2.46. The van der Waals surface area contributed by atoms with Gasteiger partial charge in [0, 0.05) is 61.2 Å². The molecule has 10 unspecified atom stereocenters. The predicted molar refractivity (Wildman–Crippen MR) is 171 cm³/mol. The molecule has 0 amide bonds. The van der Waals surface area contributed by atoms with E-state index in [1.807, 2.05) is 0 Å². The van der Waals surface area contributed by atoms with Crippen LogP contribution in [-0.2, 0) is 9.59 Å². The summed E-state index contributed by atoms with van der Waals surface area (Å²) in [6.07, 6.45) is 7.62. The summed E-state index contributed by atoms with van der Waals surface area (Å²) < 4.78 is 0. The van der Waals surface area contributed by atoms with E-state index in [0.717, 1.165) is 38.5 Å². The average molecular weight is 597 g/mol. The molecule has 5 heterocycles. The molecule has 0 saturated carbocycles. The van der Waals surface area contributed by atoms with Crippen LogP contribution in [0.2, 0.25) is 0 Å². The van der Waals surface area contributed by atoms with Crippen molar-refractivity contribution in [3.63, 3.8) is 0 Å². The summed E-state index contributed by atoms with van der Waals surface area (Å²) >= 11 is 0. The summed E-state index contributed by atoms with van der Waals surface area (Å²) in [6, 6.07) is 2.26. The van der Waals surface area contributed by atoms with Crippen LogP contribution in [0, 0.1) is 11.8 Å². The molecule has 0 aromatic carbocycles. The Hall–Kier alpha value is -2.00. The van der Waals surface area contributed by atoms with Gasteiger partial charge in [-0.2, -0.15) is 0 Å². The Morgan fingerprint density at radius 3 is 1.88 bits per heavy atom. The fraction of sp³-hybridized carbons (Fsp3) is 0.771. The quantitative estimate of drug-likeness (QED) is 0.249. The Balaban J connectivity index is 1.53. The Bertz CT molecular complexity index is 1190. The molecule has 5 aliphatic rings. The van der Waals surface area contributed by atoms with Crippen molar-refractivity contribution in [2.75, 3.05) is 7.05 Å². The summed E-state index contributed by atoms with van der Waals surface area (Å²) in [4.78, 5) is 26.0. The standard InChI is InChI=1S/C35H56N4O4/c1-8-22-18(3)28-17-33-23(9-2)21(6)32(39(33)7)16-27-20(5)25(11-13-35(42)43)31(38-27)15-30-24(10-12-34(40)41)19(4)26(36-30)14-29(22)37-28/h19,24,26-33,36-38H,8-17H2,1-7H3,(H,40,41)(H,42,43). The lowest BCUT2D eigenvalue weighted by Gasteiger charge is -2.33. The van der Waals surface area contributed by atoms with Gasteiger partial charge in [-0.05, 0) is 91.0 Å². The predicted octanol–water partition coefficient (Wildman–Crippen LogP) is 5.02. The molecule has 0 radical (unpaired) electrons. The summed E-state index contributed by atoms with van der Waals surface area (Å²) in [5.74, 6) is -0.852. The monoisotopic (exact) mass is 596 g/mol. The zero-order chi connectivity index (χ0) is 31.2. The van der Waals surface area contributed by atoms with Crippen LogP contribution >= 0.6 is 0 Å². The summed E-state index contributed by atoms with van der Waals surface area (Å²) in [5, 5.41) is 31.3. The Morgan fingerprint density at radius 2 is 1.28 bits per heavy atom. The highest BCUT2D eigenvalue weighted by molar-refractivity contribution is 5.67. The lowest BCUT2D eigenvalue weighted by Crippen LogP contribution is -2.46. The maximum Gasteiger partial charge on any atom is 0.303 e. The molecule has 10 atom stereocenters. The number of carbonyl (C=O) groups is 2. The van der Waals surface area contributed by atoms with Crippen LogP contribution in [0.15, 0.2) is 33.4 Å². The number of hydrogen-bond donors (Lipinski definition) is 5. The van der Waals surface area contributed by atoms with E-state index in [0.29, 0.717) is 49.0 Å². The van der Waals surface area contributed by atoms with Crippen molar-refractivity contribution in [2.45, 2.75) is 154 Å². The molecular weight excluding hydrogens is 540 g/mol. The Kier molecular flexibility index (Phi) is 9.91. The molecule has 2 fully saturated rings. The van der Waals surface area contributed by atoms with Gasteiger partial charge >= 0.3 is 11.9 Å². The number of hydrogen-bond acceptors (Lipinski definition) is 6. The van der Waals surface area contributed by atoms with E-state index in [1.165, 1.54) is 22.3 Å². The number of carboxylic acid groups (broad SMARTS) is 2. The summed E-state index contributed by atoms with van der Waals surface area (Å²) in [5.41, 5.74) is 8.75. The topological polar surface area (TPSA) is 114 Å². The van der Waals surface area contributed by atoms with Crippen molar-refractivity contribution < 1.29 is 19.8 Å². The second-order valence-corrected chi connectivity index (χ2v) is 14.2. The van der Waals surface area contributed by atoms with Gasteiger partial charge < -0.3 is 26.2 Å². The normalized spacial score (nSPS) is 38.5. The molecule has 0 aliphatic carbocycles. The third kappa shape index (κ3) is 6.27.